The van der Waals surface area contributed by atoms with Crippen molar-refractivity contribution in [2.24, 2.45) is 0 Å². The van der Waals surface area contributed by atoms with E-state index in [0.717, 1.165) is 0 Å². The van der Waals surface area contributed by atoms with Crippen molar-refractivity contribution in [1.29, 1.82) is 0 Å². The normalized spacial score (nSPS) is 23.5. The van der Waals surface area contributed by atoms with Crippen LogP contribution in [0.2, 0.25) is 9.88 Å². The van der Waals surface area contributed by atoms with Crippen LogP contribution in [0.15, 0.2) is 30.3 Å². The Morgan fingerprint density at radius 3 is 2.15 bits per heavy atom. The van der Waals surface area contributed by atoms with E-state index in [1.165, 1.54) is 0 Å². The molecule has 0 spiro atoms. The van der Waals surface area contributed by atoms with Gasteiger partial charge in [-0.25, -0.2) is 0 Å². The summed E-state index contributed by atoms with van der Waals surface area (Å²) in [5, 5.41) is 0.672. The van der Waals surface area contributed by atoms with Crippen LogP contribution in [0.4, 0.5) is 0 Å². The van der Waals surface area contributed by atoms with E-state index < -0.39 is 26.8 Å². The van der Waals surface area contributed by atoms with Gasteiger partial charge in [0.1, 0.15) is 0 Å². The molecular weight excluding hydrogens is 294 g/mol. The Bertz CT molecular complexity index is 351. The Morgan fingerprint density at radius 2 is 1.69 bits per heavy atom. The van der Waals surface area contributed by atoms with Gasteiger partial charge in [-0.2, -0.15) is 0 Å². The van der Waals surface area contributed by atoms with Crippen LogP contribution >= 0.6 is 7.60 Å². The molecule has 1 aromatic carbocycles. The molecule has 2 rings (SSSR count). The molecule has 0 amide bonds. The first-order valence-corrected chi connectivity index (χ1v) is 13.7. The number of rotatable bonds is 1. The van der Waals surface area contributed by atoms with Gasteiger partial charge in [-0.15, -0.1) is 0 Å². The minimum atomic E-state index is -2.87. The van der Waals surface area contributed by atoms with Gasteiger partial charge in [0.15, 0.2) is 0 Å². The molecule has 0 unspecified atom stereocenters. The van der Waals surface area contributed by atoms with Crippen LogP contribution in [0.25, 0.3) is 0 Å². The molecular formula is C8H11O3PSn. The van der Waals surface area contributed by atoms with Crippen LogP contribution in [0.5, 0.6) is 0 Å². The van der Waals surface area contributed by atoms with Gasteiger partial charge in [0.2, 0.25) is 0 Å². The monoisotopic (exact) mass is 306 g/mol. The predicted molar refractivity (Wildman–Crippen MR) is 53.3 cm³/mol. The van der Waals surface area contributed by atoms with Gasteiger partial charge in [-0.05, 0) is 0 Å². The van der Waals surface area contributed by atoms with Crippen LogP contribution in [0.1, 0.15) is 0 Å². The van der Waals surface area contributed by atoms with E-state index in [4.69, 9.17) is 5.72 Å². The molecule has 0 atom stereocenters. The molecule has 0 aliphatic carbocycles. The van der Waals surface area contributed by atoms with Crippen LogP contribution < -0.4 is 5.30 Å². The average Bonchev–Trinajstić information content (AvgIpc) is 2.02. The number of benzene rings is 1. The topological polar surface area (TPSA) is 35.5 Å². The standard InChI is InChI=1S/C6H7O3P.2CH3.Sn/c7-10(8,9)6-4-2-1-3-5-6;;;/h1-5H,(H2,7,8,9);2*1H3;/q;;;+2/p-2. The zero-order chi connectivity index (χ0) is 9.53. The summed E-state index contributed by atoms with van der Waals surface area (Å²) < 4.78 is 22.8. The average molecular weight is 305 g/mol. The molecule has 1 aliphatic rings. The summed E-state index contributed by atoms with van der Waals surface area (Å²) in [5.74, 6) is 0. The Balaban J connectivity index is 2.26. The molecule has 5 heteroatoms. The van der Waals surface area contributed by atoms with E-state index >= 15 is 0 Å². The summed E-state index contributed by atoms with van der Waals surface area (Å²) in [6.45, 7) is 0. The van der Waals surface area contributed by atoms with Crippen molar-refractivity contribution in [2.45, 2.75) is 9.88 Å². The summed E-state index contributed by atoms with van der Waals surface area (Å²) in [5.41, 5.74) is 0. The van der Waals surface area contributed by atoms with Crippen LogP contribution in [0.3, 0.4) is 0 Å². The fraction of sp³-hybridized carbons (Fsp3) is 0.250. The first-order chi connectivity index (χ1) is 6.02. The number of hydrogen-bond donors (Lipinski definition) is 0. The maximum atomic E-state index is 11.9. The molecule has 3 nitrogen and oxygen atoms in total. The van der Waals surface area contributed by atoms with E-state index in [1.54, 1.807) is 12.1 Å². The Morgan fingerprint density at radius 1 is 1.15 bits per heavy atom. The SMILES string of the molecule is [CH3][Sn]1([CH3])[O]P(=O)(c2ccccc2)[O]1. The second kappa shape index (κ2) is 3.09. The first-order valence-electron chi connectivity index (χ1n) is 4.09. The van der Waals surface area contributed by atoms with E-state index in [2.05, 4.69) is 0 Å². The molecule has 1 heterocycles. The van der Waals surface area contributed by atoms with E-state index in [1.807, 2.05) is 28.1 Å². The van der Waals surface area contributed by atoms with Crippen molar-refractivity contribution in [2.75, 3.05) is 0 Å². The van der Waals surface area contributed by atoms with Gasteiger partial charge < -0.3 is 0 Å². The molecule has 0 bridgehead atoms. The molecule has 0 aromatic heterocycles. The van der Waals surface area contributed by atoms with Crippen LogP contribution in [0, 0.1) is 0 Å². The molecule has 13 heavy (non-hydrogen) atoms. The summed E-state index contributed by atoms with van der Waals surface area (Å²) in [6, 6.07) is 9.11. The Hall–Kier alpha value is 0.169. The summed E-state index contributed by atoms with van der Waals surface area (Å²) in [4.78, 5) is 3.90. The Kier molecular flexibility index (Phi) is 2.31. The zero-order valence-corrected chi connectivity index (χ0v) is 11.3. The van der Waals surface area contributed by atoms with E-state index in [0.29, 0.717) is 5.30 Å². The molecule has 0 saturated carbocycles. The molecule has 1 saturated heterocycles. The van der Waals surface area contributed by atoms with Gasteiger partial charge in [-0.1, -0.05) is 0 Å². The fourth-order valence-electron chi connectivity index (χ4n) is 1.30. The second-order valence-electron chi connectivity index (χ2n) is 3.42. The van der Waals surface area contributed by atoms with Crippen molar-refractivity contribution in [1.82, 2.24) is 0 Å². The van der Waals surface area contributed by atoms with Crippen molar-refractivity contribution >= 4 is 32.1 Å². The maximum absolute atomic E-state index is 11.9. The number of hydrogen-bond acceptors (Lipinski definition) is 3. The van der Waals surface area contributed by atoms with E-state index in [9.17, 15) is 4.57 Å². The third-order valence-corrected chi connectivity index (χ3v) is 15.7. The fourth-order valence-corrected chi connectivity index (χ4v) is 15.1. The summed E-state index contributed by atoms with van der Waals surface area (Å²) in [7, 11) is -2.87. The van der Waals surface area contributed by atoms with Crippen molar-refractivity contribution in [3.05, 3.63) is 30.3 Å². The molecule has 0 radical (unpaired) electrons. The van der Waals surface area contributed by atoms with Gasteiger partial charge in [0.25, 0.3) is 0 Å². The van der Waals surface area contributed by atoms with Crippen LogP contribution in [-0.2, 0) is 10.3 Å². The van der Waals surface area contributed by atoms with Crippen molar-refractivity contribution < 1.29 is 10.3 Å². The van der Waals surface area contributed by atoms with Gasteiger partial charge in [0.05, 0.1) is 0 Å². The van der Waals surface area contributed by atoms with Gasteiger partial charge in [-0.3, -0.25) is 0 Å². The minimum absolute atomic E-state index is 0.672. The third kappa shape index (κ3) is 1.84. The molecule has 1 aromatic rings. The predicted octanol–water partition coefficient (Wildman–Crippen LogP) is 2.25. The molecule has 0 N–H and O–H groups in total. The molecule has 1 aliphatic heterocycles. The molecule has 70 valence electrons. The zero-order valence-electron chi connectivity index (χ0n) is 7.56. The first kappa shape index (κ1) is 9.71. The summed E-state index contributed by atoms with van der Waals surface area (Å²) in [6.07, 6.45) is 0. The van der Waals surface area contributed by atoms with Gasteiger partial charge in [0, 0.05) is 0 Å². The Labute approximate surface area is 82.6 Å². The van der Waals surface area contributed by atoms with Gasteiger partial charge >= 0.3 is 82.6 Å². The van der Waals surface area contributed by atoms with Crippen molar-refractivity contribution in [3.8, 4) is 0 Å². The van der Waals surface area contributed by atoms with Crippen LogP contribution in [-0.4, -0.2) is 19.2 Å². The molecule has 1 fully saturated rings. The summed E-state index contributed by atoms with van der Waals surface area (Å²) >= 11 is -2.71. The third-order valence-electron chi connectivity index (χ3n) is 1.75. The van der Waals surface area contributed by atoms with Crippen molar-refractivity contribution in [3.63, 3.8) is 0 Å². The second-order valence-corrected chi connectivity index (χ2v) is 16.4. The van der Waals surface area contributed by atoms with E-state index in [-0.39, 0.29) is 0 Å². The quantitative estimate of drug-likeness (QED) is 0.590.